The summed E-state index contributed by atoms with van der Waals surface area (Å²) in [5.74, 6) is 0.328. The minimum atomic E-state index is -0.00646. The Hall–Kier alpha value is -1.35. The number of anilines is 1. The molecule has 1 aromatic carbocycles. The maximum atomic E-state index is 11.9. The zero-order valence-corrected chi connectivity index (χ0v) is 16.6. The SMILES string of the molecule is O=C(CSc1nnc(NC[C@@H]2CCCO2)s1)NCCc1ccc(Cl)cc1. The first-order valence-corrected chi connectivity index (χ1v) is 10.7. The Labute approximate surface area is 166 Å². The molecule has 2 aromatic rings. The smallest absolute Gasteiger partial charge is 0.230 e. The zero-order valence-electron chi connectivity index (χ0n) is 14.2. The van der Waals surface area contributed by atoms with Gasteiger partial charge >= 0.3 is 0 Å². The summed E-state index contributed by atoms with van der Waals surface area (Å²) in [7, 11) is 0. The van der Waals surface area contributed by atoms with Crippen LogP contribution in [-0.4, -0.2) is 47.7 Å². The summed E-state index contributed by atoms with van der Waals surface area (Å²) in [6.45, 7) is 2.20. The van der Waals surface area contributed by atoms with Crippen molar-refractivity contribution in [2.75, 3.05) is 30.8 Å². The Morgan fingerprint density at radius 1 is 1.35 bits per heavy atom. The normalized spacial score (nSPS) is 16.6. The standard InChI is InChI=1S/C17H21ClN4O2S2/c18-13-5-3-12(4-6-13)7-8-19-15(23)11-25-17-22-21-16(26-17)20-10-14-2-1-9-24-14/h3-6,14H,1-2,7-11H2,(H,19,23)(H,20,21)/t14-/m0/s1. The van der Waals surface area contributed by atoms with Gasteiger partial charge in [0.1, 0.15) is 0 Å². The summed E-state index contributed by atoms with van der Waals surface area (Å²) < 4.78 is 6.35. The van der Waals surface area contributed by atoms with E-state index in [2.05, 4.69) is 20.8 Å². The molecule has 9 heteroatoms. The number of carbonyl (C=O) groups is 1. The van der Waals surface area contributed by atoms with Crippen LogP contribution in [0.25, 0.3) is 0 Å². The molecule has 1 saturated heterocycles. The molecule has 6 nitrogen and oxygen atoms in total. The Kier molecular flexibility index (Phi) is 7.55. The van der Waals surface area contributed by atoms with Crippen LogP contribution in [0.4, 0.5) is 5.13 Å². The van der Waals surface area contributed by atoms with E-state index in [4.69, 9.17) is 16.3 Å². The van der Waals surface area contributed by atoms with Crippen molar-refractivity contribution in [1.82, 2.24) is 15.5 Å². The van der Waals surface area contributed by atoms with Crippen molar-refractivity contribution in [2.45, 2.75) is 29.7 Å². The molecule has 1 fully saturated rings. The summed E-state index contributed by atoms with van der Waals surface area (Å²) in [5, 5.41) is 15.9. The summed E-state index contributed by atoms with van der Waals surface area (Å²) in [6.07, 6.45) is 3.26. The number of halogens is 1. The Balaban J connectivity index is 1.31. The molecule has 1 aliphatic rings. The average Bonchev–Trinajstić information content (AvgIpc) is 3.31. The lowest BCUT2D eigenvalue weighted by Crippen LogP contribution is -2.27. The molecular weight excluding hydrogens is 392 g/mol. The van der Waals surface area contributed by atoms with Crippen molar-refractivity contribution in [3.05, 3.63) is 34.9 Å². The summed E-state index contributed by atoms with van der Waals surface area (Å²) in [5.41, 5.74) is 1.15. The van der Waals surface area contributed by atoms with Crippen LogP contribution in [0.15, 0.2) is 28.6 Å². The van der Waals surface area contributed by atoms with E-state index in [0.717, 1.165) is 52.5 Å². The zero-order chi connectivity index (χ0) is 18.2. The molecule has 140 valence electrons. The average molecular weight is 413 g/mol. The van der Waals surface area contributed by atoms with Crippen LogP contribution in [0.2, 0.25) is 5.02 Å². The van der Waals surface area contributed by atoms with Crippen molar-refractivity contribution in [3.8, 4) is 0 Å². The first-order valence-electron chi connectivity index (χ1n) is 8.52. The number of ether oxygens (including phenoxy) is 1. The lowest BCUT2D eigenvalue weighted by molar-refractivity contribution is -0.118. The predicted molar refractivity (Wildman–Crippen MR) is 106 cm³/mol. The number of nitrogens with one attached hydrogen (secondary N) is 2. The minimum Gasteiger partial charge on any atom is -0.376 e. The van der Waals surface area contributed by atoms with Crippen molar-refractivity contribution < 1.29 is 9.53 Å². The number of hydrogen-bond donors (Lipinski definition) is 2. The van der Waals surface area contributed by atoms with Crippen LogP contribution < -0.4 is 10.6 Å². The summed E-state index contributed by atoms with van der Waals surface area (Å²) in [6, 6.07) is 7.65. The van der Waals surface area contributed by atoms with Gasteiger partial charge in [0.2, 0.25) is 11.0 Å². The van der Waals surface area contributed by atoms with Crippen LogP contribution in [0.3, 0.4) is 0 Å². The second-order valence-electron chi connectivity index (χ2n) is 5.90. The molecule has 1 amide bonds. The maximum absolute atomic E-state index is 11.9. The van der Waals surface area contributed by atoms with Gasteiger partial charge in [-0.1, -0.05) is 46.8 Å². The fourth-order valence-electron chi connectivity index (χ4n) is 2.52. The van der Waals surface area contributed by atoms with E-state index in [-0.39, 0.29) is 12.0 Å². The van der Waals surface area contributed by atoms with Gasteiger partial charge in [0, 0.05) is 24.7 Å². The molecule has 0 saturated carbocycles. The number of aromatic nitrogens is 2. The van der Waals surface area contributed by atoms with E-state index in [1.54, 1.807) is 0 Å². The van der Waals surface area contributed by atoms with Gasteiger partial charge in [0.15, 0.2) is 4.34 Å². The quantitative estimate of drug-likeness (QED) is 0.616. The van der Waals surface area contributed by atoms with Crippen LogP contribution in [0, 0.1) is 0 Å². The second-order valence-corrected chi connectivity index (χ2v) is 8.54. The van der Waals surface area contributed by atoms with Gasteiger partial charge in [-0.15, -0.1) is 10.2 Å². The van der Waals surface area contributed by atoms with Gasteiger partial charge < -0.3 is 15.4 Å². The Morgan fingerprint density at radius 3 is 2.96 bits per heavy atom. The van der Waals surface area contributed by atoms with Crippen molar-refractivity contribution in [2.24, 2.45) is 0 Å². The monoisotopic (exact) mass is 412 g/mol. The molecule has 1 aliphatic heterocycles. The molecule has 1 atom stereocenters. The third-order valence-electron chi connectivity index (χ3n) is 3.89. The lowest BCUT2D eigenvalue weighted by atomic mass is 10.1. The molecule has 2 heterocycles. The molecule has 2 N–H and O–H groups in total. The minimum absolute atomic E-state index is 0.00646. The maximum Gasteiger partial charge on any atom is 0.230 e. The van der Waals surface area contributed by atoms with Gasteiger partial charge in [0.25, 0.3) is 0 Å². The van der Waals surface area contributed by atoms with Gasteiger partial charge in [-0.3, -0.25) is 4.79 Å². The largest absolute Gasteiger partial charge is 0.376 e. The van der Waals surface area contributed by atoms with Gasteiger partial charge in [-0.25, -0.2) is 0 Å². The molecule has 0 radical (unpaired) electrons. The van der Waals surface area contributed by atoms with E-state index in [1.165, 1.54) is 23.1 Å². The number of amides is 1. The van der Waals surface area contributed by atoms with Crippen LogP contribution in [-0.2, 0) is 16.0 Å². The fourth-order valence-corrected chi connectivity index (χ4v) is 4.24. The Bertz CT molecular complexity index is 705. The molecule has 1 aromatic heterocycles. The molecule has 26 heavy (non-hydrogen) atoms. The number of carbonyl (C=O) groups excluding carboxylic acids is 1. The van der Waals surface area contributed by atoms with E-state index in [1.807, 2.05) is 24.3 Å². The van der Waals surface area contributed by atoms with Crippen LogP contribution >= 0.6 is 34.7 Å². The predicted octanol–water partition coefficient (Wildman–Crippen LogP) is 3.23. The van der Waals surface area contributed by atoms with Crippen molar-refractivity contribution >= 4 is 45.7 Å². The fraction of sp³-hybridized carbons (Fsp3) is 0.471. The third-order valence-corrected chi connectivity index (χ3v) is 6.15. The topological polar surface area (TPSA) is 76.1 Å². The molecule has 0 unspecified atom stereocenters. The van der Waals surface area contributed by atoms with Gasteiger partial charge in [0.05, 0.1) is 11.9 Å². The number of hydrogen-bond acceptors (Lipinski definition) is 7. The molecule has 0 bridgehead atoms. The number of benzene rings is 1. The van der Waals surface area contributed by atoms with E-state index < -0.39 is 0 Å². The number of thioether (sulfide) groups is 1. The van der Waals surface area contributed by atoms with Crippen LogP contribution in [0.1, 0.15) is 18.4 Å². The van der Waals surface area contributed by atoms with Gasteiger partial charge in [-0.05, 0) is 37.0 Å². The third kappa shape index (κ3) is 6.42. The second kappa shape index (κ2) is 10.1. The number of rotatable bonds is 9. The highest BCUT2D eigenvalue weighted by atomic mass is 35.5. The first kappa shape index (κ1) is 19.4. The van der Waals surface area contributed by atoms with E-state index in [9.17, 15) is 4.79 Å². The van der Waals surface area contributed by atoms with Crippen molar-refractivity contribution in [3.63, 3.8) is 0 Å². The number of nitrogens with zero attached hydrogens (tertiary/aromatic N) is 2. The van der Waals surface area contributed by atoms with Crippen LogP contribution in [0.5, 0.6) is 0 Å². The highest BCUT2D eigenvalue weighted by Crippen LogP contribution is 2.25. The highest BCUT2D eigenvalue weighted by molar-refractivity contribution is 8.01. The molecular formula is C17H21ClN4O2S2. The molecule has 0 spiro atoms. The van der Waals surface area contributed by atoms with Gasteiger partial charge in [-0.2, -0.15) is 0 Å². The first-order chi connectivity index (χ1) is 12.7. The Morgan fingerprint density at radius 2 is 2.19 bits per heavy atom. The van der Waals surface area contributed by atoms with E-state index in [0.29, 0.717) is 12.3 Å². The molecule has 3 rings (SSSR count). The van der Waals surface area contributed by atoms with Crippen molar-refractivity contribution in [1.29, 1.82) is 0 Å². The van der Waals surface area contributed by atoms with E-state index >= 15 is 0 Å². The summed E-state index contributed by atoms with van der Waals surface area (Å²) >= 11 is 8.72. The molecule has 0 aliphatic carbocycles. The summed E-state index contributed by atoms with van der Waals surface area (Å²) in [4.78, 5) is 11.9. The highest BCUT2D eigenvalue weighted by Gasteiger charge is 2.16. The lowest BCUT2D eigenvalue weighted by Gasteiger charge is -2.08.